The van der Waals surface area contributed by atoms with E-state index in [0.717, 1.165) is 0 Å². The van der Waals surface area contributed by atoms with Crippen molar-refractivity contribution in [1.29, 1.82) is 0 Å². The molecular weight excluding hydrogens is 328 g/mol. The molecule has 0 atom stereocenters. The number of rotatable bonds is 3. The fourth-order valence-electron chi connectivity index (χ4n) is 2.42. The van der Waals surface area contributed by atoms with Crippen LogP contribution in [0.15, 0.2) is 47.1 Å². The first-order valence-electron chi connectivity index (χ1n) is 7.21. The van der Waals surface area contributed by atoms with Crippen molar-refractivity contribution in [2.75, 3.05) is 0 Å². The lowest BCUT2D eigenvalue weighted by atomic mass is 10.1. The lowest BCUT2D eigenvalue weighted by molar-refractivity contribution is -0.0590. The van der Waals surface area contributed by atoms with Gasteiger partial charge in [0.2, 0.25) is 0 Å². The van der Waals surface area contributed by atoms with Gasteiger partial charge < -0.3 is 9.36 Å². The summed E-state index contributed by atoms with van der Waals surface area (Å²) in [5.41, 5.74) is 0.649. The van der Waals surface area contributed by atoms with Crippen molar-refractivity contribution in [3.8, 4) is 11.5 Å². The van der Waals surface area contributed by atoms with Crippen LogP contribution in [0.1, 0.15) is 31.2 Å². The third-order valence-electron chi connectivity index (χ3n) is 3.62. The Morgan fingerprint density at radius 3 is 2.40 bits per heavy atom. The molecule has 3 heterocycles. The molecule has 0 spiro atoms. The Morgan fingerprint density at radius 2 is 1.80 bits per heavy atom. The van der Waals surface area contributed by atoms with E-state index in [2.05, 4.69) is 10.3 Å². The summed E-state index contributed by atoms with van der Waals surface area (Å²) >= 11 is 0. The number of aryl methyl sites for hydroxylation is 1. The van der Waals surface area contributed by atoms with Gasteiger partial charge in [0.25, 0.3) is 11.8 Å². The van der Waals surface area contributed by atoms with E-state index in [9.17, 15) is 14.4 Å². The molecule has 0 N–H and O–H groups in total. The predicted octanol–water partition coefficient (Wildman–Crippen LogP) is 1.44. The van der Waals surface area contributed by atoms with Crippen molar-refractivity contribution in [2.45, 2.75) is 0 Å². The Balaban J connectivity index is 1.55. The van der Waals surface area contributed by atoms with Gasteiger partial charge in [-0.15, -0.1) is 0 Å². The van der Waals surface area contributed by atoms with Crippen LogP contribution in [-0.2, 0) is 11.9 Å². The second kappa shape index (κ2) is 5.41. The molecule has 3 aromatic rings. The Labute approximate surface area is 140 Å². The summed E-state index contributed by atoms with van der Waals surface area (Å²) in [5, 5.41) is 8.13. The number of hydroxylamine groups is 2. The van der Waals surface area contributed by atoms with E-state index in [-0.39, 0.29) is 22.6 Å². The molecule has 1 aromatic carbocycles. The first-order chi connectivity index (χ1) is 12.0. The minimum Gasteiger partial charge on any atom is -0.354 e. The first kappa shape index (κ1) is 14.8. The van der Waals surface area contributed by atoms with Crippen LogP contribution < -0.4 is 0 Å². The van der Waals surface area contributed by atoms with Crippen LogP contribution in [0.4, 0.5) is 0 Å². The van der Waals surface area contributed by atoms with E-state index in [1.165, 1.54) is 18.2 Å². The van der Waals surface area contributed by atoms with Crippen molar-refractivity contribution < 1.29 is 23.7 Å². The fraction of sp³-hybridized carbons (Fsp3) is 0.0625. The lowest BCUT2D eigenvalue weighted by Crippen LogP contribution is -2.32. The van der Waals surface area contributed by atoms with Gasteiger partial charge in [0.05, 0.1) is 11.1 Å². The van der Waals surface area contributed by atoms with Gasteiger partial charge in [0.15, 0.2) is 11.5 Å². The number of carbonyl (C=O) groups is 3. The highest BCUT2D eigenvalue weighted by molar-refractivity contribution is 6.21. The zero-order chi connectivity index (χ0) is 17.6. The van der Waals surface area contributed by atoms with Gasteiger partial charge in [-0.3, -0.25) is 14.3 Å². The highest BCUT2D eigenvalue weighted by Crippen LogP contribution is 2.24. The van der Waals surface area contributed by atoms with E-state index in [4.69, 9.17) is 9.36 Å². The van der Waals surface area contributed by atoms with Crippen molar-refractivity contribution >= 4 is 17.8 Å². The summed E-state index contributed by atoms with van der Waals surface area (Å²) in [6.07, 6.45) is 1.70. The summed E-state index contributed by atoms with van der Waals surface area (Å²) in [6, 6.07) is 9.21. The van der Waals surface area contributed by atoms with Gasteiger partial charge in [0, 0.05) is 19.3 Å². The van der Waals surface area contributed by atoms with Gasteiger partial charge in [-0.05, 0) is 18.2 Å². The lowest BCUT2D eigenvalue weighted by Gasteiger charge is -2.10. The minimum atomic E-state index is -0.986. The molecule has 0 saturated heterocycles. The maximum absolute atomic E-state index is 12.2. The first-order valence-corrected chi connectivity index (χ1v) is 7.21. The third kappa shape index (κ3) is 2.38. The number of hydrogen-bond donors (Lipinski definition) is 0. The number of amides is 2. The molecule has 9 nitrogen and oxygen atoms in total. The van der Waals surface area contributed by atoms with Crippen LogP contribution in [0, 0.1) is 0 Å². The molecule has 1 aliphatic heterocycles. The highest BCUT2D eigenvalue weighted by atomic mass is 16.7. The smallest absolute Gasteiger partial charge is 0.354 e. The zero-order valence-electron chi connectivity index (χ0n) is 12.9. The molecule has 124 valence electrons. The monoisotopic (exact) mass is 338 g/mol. The van der Waals surface area contributed by atoms with Crippen molar-refractivity contribution in [3.05, 3.63) is 59.4 Å². The Kier molecular flexibility index (Phi) is 3.21. The van der Waals surface area contributed by atoms with Crippen LogP contribution in [0.25, 0.3) is 11.5 Å². The topological polar surface area (TPSA) is 108 Å². The standard InChI is InChI=1S/C16H10N4O5/c1-19-7-6-11(17-19)13-8-12(18-24-13)16(23)25-20-14(21)9-4-2-3-5-10(9)15(20)22/h2-8H,1H3. The predicted molar refractivity (Wildman–Crippen MR) is 81.1 cm³/mol. The summed E-state index contributed by atoms with van der Waals surface area (Å²) in [5.74, 6) is -2.14. The molecule has 9 heteroatoms. The maximum Gasteiger partial charge on any atom is 0.385 e. The molecule has 0 unspecified atom stereocenters. The van der Waals surface area contributed by atoms with E-state index in [1.807, 2.05) is 0 Å². The quantitative estimate of drug-likeness (QED) is 0.665. The average Bonchev–Trinajstić information content (AvgIpc) is 3.31. The van der Waals surface area contributed by atoms with Crippen LogP contribution >= 0.6 is 0 Å². The van der Waals surface area contributed by atoms with Crippen molar-refractivity contribution in [1.82, 2.24) is 20.0 Å². The van der Waals surface area contributed by atoms with Gasteiger partial charge in [-0.1, -0.05) is 22.4 Å². The second-order valence-electron chi connectivity index (χ2n) is 5.28. The molecule has 1 aliphatic rings. The number of aromatic nitrogens is 3. The molecule has 0 radical (unpaired) electrons. The summed E-state index contributed by atoms with van der Waals surface area (Å²) in [4.78, 5) is 41.4. The van der Waals surface area contributed by atoms with Gasteiger partial charge in [-0.2, -0.15) is 5.10 Å². The largest absolute Gasteiger partial charge is 0.385 e. The summed E-state index contributed by atoms with van der Waals surface area (Å²) in [6.45, 7) is 0. The minimum absolute atomic E-state index is 0.176. The second-order valence-corrected chi connectivity index (χ2v) is 5.28. The van der Waals surface area contributed by atoms with Gasteiger partial charge in [-0.25, -0.2) is 4.79 Å². The normalized spacial score (nSPS) is 13.2. The molecule has 0 saturated carbocycles. The van der Waals surface area contributed by atoms with E-state index in [0.29, 0.717) is 10.8 Å². The summed E-state index contributed by atoms with van der Waals surface area (Å²) < 4.78 is 6.61. The SMILES string of the molecule is Cn1ccc(-c2cc(C(=O)ON3C(=O)c4ccccc4C3=O)no2)n1. The zero-order valence-corrected chi connectivity index (χ0v) is 12.9. The van der Waals surface area contributed by atoms with E-state index >= 15 is 0 Å². The summed E-state index contributed by atoms with van der Waals surface area (Å²) in [7, 11) is 1.73. The number of carbonyl (C=O) groups excluding carboxylic acids is 3. The van der Waals surface area contributed by atoms with Crippen molar-refractivity contribution in [2.24, 2.45) is 7.05 Å². The molecular formula is C16H10N4O5. The van der Waals surface area contributed by atoms with Crippen LogP contribution in [0.2, 0.25) is 0 Å². The molecule has 0 aliphatic carbocycles. The van der Waals surface area contributed by atoms with E-state index in [1.54, 1.807) is 36.1 Å². The van der Waals surface area contributed by atoms with Gasteiger partial charge >= 0.3 is 5.97 Å². The number of hydrogen-bond acceptors (Lipinski definition) is 7. The molecule has 4 rings (SSSR count). The number of imide groups is 1. The molecule has 2 amide bonds. The molecule has 25 heavy (non-hydrogen) atoms. The van der Waals surface area contributed by atoms with Crippen LogP contribution in [0.3, 0.4) is 0 Å². The average molecular weight is 338 g/mol. The number of benzene rings is 1. The van der Waals surface area contributed by atoms with Crippen LogP contribution in [-0.4, -0.2) is 37.8 Å². The highest BCUT2D eigenvalue weighted by Gasteiger charge is 2.39. The number of fused-ring (bicyclic) bond motifs is 1. The van der Waals surface area contributed by atoms with Crippen molar-refractivity contribution in [3.63, 3.8) is 0 Å². The molecule has 0 bridgehead atoms. The number of nitrogens with zero attached hydrogens (tertiary/aromatic N) is 4. The third-order valence-corrected chi connectivity index (χ3v) is 3.62. The maximum atomic E-state index is 12.2. The molecule has 2 aromatic heterocycles. The van der Waals surface area contributed by atoms with Crippen LogP contribution in [0.5, 0.6) is 0 Å². The Bertz CT molecular complexity index is 984. The van der Waals surface area contributed by atoms with Gasteiger partial charge in [0.1, 0.15) is 5.69 Å². The Morgan fingerprint density at radius 1 is 1.12 bits per heavy atom. The fourth-order valence-corrected chi connectivity index (χ4v) is 2.42. The Hall–Kier alpha value is -3.75. The molecule has 0 fully saturated rings. The van der Waals surface area contributed by atoms with E-state index < -0.39 is 17.8 Å².